The summed E-state index contributed by atoms with van der Waals surface area (Å²) in [5.41, 5.74) is -0.319. The van der Waals surface area contributed by atoms with Crippen LogP contribution in [0.3, 0.4) is 0 Å². The Bertz CT molecular complexity index is 1130. The van der Waals surface area contributed by atoms with E-state index in [4.69, 9.17) is 0 Å². The van der Waals surface area contributed by atoms with Crippen molar-refractivity contribution in [3.8, 4) is 0 Å². The van der Waals surface area contributed by atoms with E-state index in [-0.39, 0.29) is 34.6 Å². The van der Waals surface area contributed by atoms with Crippen molar-refractivity contribution in [1.29, 1.82) is 0 Å². The van der Waals surface area contributed by atoms with Gasteiger partial charge in [0.25, 0.3) is 5.91 Å². The summed E-state index contributed by atoms with van der Waals surface area (Å²) in [5.74, 6) is -0.783. The van der Waals surface area contributed by atoms with E-state index < -0.39 is 17.7 Å². The van der Waals surface area contributed by atoms with Crippen molar-refractivity contribution < 1.29 is 22.4 Å². The van der Waals surface area contributed by atoms with Crippen molar-refractivity contribution in [2.45, 2.75) is 57.4 Å². The maximum absolute atomic E-state index is 13.8. The van der Waals surface area contributed by atoms with Crippen LogP contribution in [-0.2, 0) is 12.7 Å². The van der Waals surface area contributed by atoms with Crippen molar-refractivity contribution >= 4 is 22.5 Å². The van der Waals surface area contributed by atoms with Crippen LogP contribution < -0.4 is 10.6 Å². The molecular weight excluding hydrogens is 426 g/mol. The molecule has 10 heteroatoms. The first-order valence-corrected chi connectivity index (χ1v) is 10.5. The zero-order chi connectivity index (χ0) is 22.9. The van der Waals surface area contributed by atoms with Crippen LogP contribution in [0, 0.1) is 5.82 Å². The number of hydrogen-bond acceptors (Lipinski definition) is 4. The highest BCUT2D eigenvalue weighted by atomic mass is 19.4. The normalized spacial score (nSPS) is 19.2. The van der Waals surface area contributed by atoms with E-state index >= 15 is 0 Å². The molecule has 1 aliphatic carbocycles. The summed E-state index contributed by atoms with van der Waals surface area (Å²) in [6.45, 7) is 2.58. The van der Waals surface area contributed by atoms with Gasteiger partial charge in [-0.3, -0.25) is 9.48 Å². The van der Waals surface area contributed by atoms with E-state index in [0.29, 0.717) is 18.5 Å². The first-order chi connectivity index (χ1) is 15.2. The molecule has 0 spiro atoms. The second kappa shape index (κ2) is 8.76. The Morgan fingerprint density at radius 2 is 2.00 bits per heavy atom. The minimum atomic E-state index is -4.62. The summed E-state index contributed by atoms with van der Waals surface area (Å²) in [6, 6.07) is 4.12. The Labute approximate surface area is 182 Å². The van der Waals surface area contributed by atoms with Crippen LogP contribution in [0.5, 0.6) is 0 Å². The van der Waals surface area contributed by atoms with Crippen LogP contribution >= 0.6 is 0 Å². The predicted octanol–water partition coefficient (Wildman–Crippen LogP) is 4.76. The first-order valence-electron chi connectivity index (χ1n) is 10.5. The maximum Gasteiger partial charge on any atom is 0.433 e. The SMILES string of the molecule is CCn1cc(C(=O)N[C@@H]2CCC[C@H](Nc3cc(C(F)(F)F)nc4ccc(F)cc34)C2)cn1. The average Bonchev–Trinajstić information content (AvgIpc) is 3.23. The molecule has 2 aromatic heterocycles. The lowest BCUT2D eigenvalue weighted by molar-refractivity contribution is -0.140. The standard InChI is InChI=1S/C22H23F4N5O/c1-2-31-12-13(11-27-31)21(32)29-16-5-3-4-15(9-16)28-19-10-20(22(24,25)26)30-18-7-6-14(23)8-17(18)19/h6-8,10-12,15-16H,2-5,9H2,1H3,(H,28,30)(H,29,32)/t15-,16+/m0/s1. The fraction of sp³-hybridized carbons (Fsp3) is 0.409. The van der Waals surface area contributed by atoms with Gasteiger partial charge in [0.05, 0.1) is 17.3 Å². The number of benzene rings is 1. The van der Waals surface area contributed by atoms with Crippen LogP contribution in [0.15, 0.2) is 36.7 Å². The lowest BCUT2D eigenvalue weighted by Crippen LogP contribution is -2.41. The van der Waals surface area contributed by atoms with E-state index in [0.717, 1.165) is 31.4 Å². The number of nitrogens with one attached hydrogen (secondary N) is 2. The molecule has 2 atom stereocenters. The molecule has 2 heterocycles. The largest absolute Gasteiger partial charge is 0.433 e. The van der Waals surface area contributed by atoms with Gasteiger partial charge >= 0.3 is 6.18 Å². The number of aromatic nitrogens is 3. The summed E-state index contributed by atoms with van der Waals surface area (Å²) >= 11 is 0. The van der Waals surface area contributed by atoms with Crippen molar-refractivity contribution in [3.63, 3.8) is 0 Å². The molecule has 1 aromatic carbocycles. The highest BCUT2D eigenvalue weighted by Crippen LogP contribution is 2.34. The summed E-state index contributed by atoms with van der Waals surface area (Å²) in [5, 5.41) is 10.5. The summed E-state index contributed by atoms with van der Waals surface area (Å²) in [6.07, 6.45) is 1.38. The predicted molar refractivity (Wildman–Crippen MR) is 112 cm³/mol. The highest BCUT2D eigenvalue weighted by molar-refractivity contribution is 5.94. The number of anilines is 1. The van der Waals surface area contributed by atoms with Gasteiger partial charge in [-0.25, -0.2) is 9.37 Å². The monoisotopic (exact) mass is 449 g/mol. The second-order valence-corrected chi connectivity index (χ2v) is 7.98. The Morgan fingerprint density at radius 3 is 2.72 bits per heavy atom. The summed E-state index contributed by atoms with van der Waals surface area (Å²) in [7, 11) is 0. The van der Waals surface area contributed by atoms with E-state index in [1.807, 2.05) is 6.92 Å². The van der Waals surface area contributed by atoms with E-state index in [9.17, 15) is 22.4 Å². The highest BCUT2D eigenvalue weighted by Gasteiger charge is 2.34. The fourth-order valence-corrected chi connectivity index (χ4v) is 4.06. The lowest BCUT2D eigenvalue weighted by Gasteiger charge is -2.31. The van der Waals surface area contributed by atoms with Gasteiger partial charge < -0.3 is 10.6 Å². The third-order valence-electron chi connectivity index (χ3n) is 5.65. The third-order valence-corrected chi connectivity index (χ3v) is 5.65. The zero-order valence-electron chi connectivity index (χ0n) is 17.4. The molecule has 170 valence electrons. The number of rotatable bonds is 5. The van der Waals surface area contributed by atoms with E-state index in [1.165, 1.54) is 18.3 Å². The molecule has 1 amide bonds. The number of aryl methyl sites for hydroxylation is 1. The van der Waals surface area contributed by atoms with Gasteiger partial charge in [0, 0.05) is 35.9 Å². The molecule has 1 aliphatic rings. The van der Waals surface area contributed by atoms with E-state index in [1.54, 1.807) is 10.9 Å². The molecule has 4 rings (SSSR count). The number of halogens is 4. The zero-order valence-corrected chi connectivity index (χ0v) is 17.4. The Kier molecular flexibility index (Phi) is 6.03. The molecule has 0 bridgehead atoms. The molecule has 0 unspecified atom stereocenters. The molecule has 32 heavy (non-hydrogen) atoms. The fourth-order valence-electron chi connectivity index (χ4n) is 4.06. The number of nitrogens with zero attached hydrogens (tertiary/aromatic N) is 3. The number of carbonyl (C=O) groups excluding carboxylic acids is 1. The van der Waals surface area contributed by atoms with Gasteiger partial charge in [-0.2, -0.15) is 18.3 Å². The van der Waals surface area contributed by atoms with E-state index in [2.05, 4.69) is 20.7 Å². The molecule has 1 saturated carbocycles. The van der Waals surface area contributed by atoms with Crippen molar-refractivity contribution in [3.05, 3.63) is 53.7 Å². The number of hydrogen-bond donors (Lipinski definition) is 2. The van der Waals surface area contributed by atoms with Crippen molar-refractivity contribution in [1.82, 2.24) is 20.1 Å². The van der Waals surface area contributed by atoms with Gasteiger partial charge in [-0.15, -0.1) is 0 Å². The Balaban J connectivity index is 1.52. The minimum absolute atomic E-state index is 0.0670. The smallest absolute Gasteiger partial charge is 0.382 e. The van der Waals surface area contributed by atoms with Crippen LogP contribution in [0.25, 0.3) is 10.9 Å². The molecule has 2 N–H and O–H groups in total. The lowest BCUT2D eigenvalue weighted by atomic mass is 9.90. The number of fused-ring (bicyclic) bond motifs is 1. The Hall–Kier alpha value is -3.17. The van der Waals surface area contributed by atoms with Gasteiger partial charge in [0.1, 0.15) is 11.5 Å². The summed E-state index contributed by atoms with van der Waals surface area (Å²) < 4.78 is 55.4. The second-order valence-electron chi connectivity index (χ2n) is 7.98. The van der Waals surface area contributed by atoms with Crippen LogP contribution in [0.1, 0.15) is 48.7 Å². The minimum Gasteiger partial charge on any atom is -0.382 e. The number of carbonyl (C=O) groups is 1. The molecule has 6 nitrogen and oxygen atoms in total. The topological polar surface area (TPSA) is 71.8 Å². The number of pyridine rings is 1. The molecule has 0 saturated heterocycles. The Morgan fingerprint density at radius 1 is 1.22 bits per heavy atom. The molecule has 3 aromatic rings. The quantitative estimate of drug-likeness (QED) is 0.551. The molecule has 1 fully saturated rings. The van der Waals surface area contributed by atoms with Crippen LogP contribution in [-0.4, -0.2) is 32.8 Å². The maximum atomic E-state index is 13.8. The van der Waals surface area contributed by atoms with Crippen molar-refractivity contribution in [2.75, 3.05) is 5.32 Å². The molecular formula is C22H23F4N5O. The van der Waals surface area contributed by atoms with Crippen molar-refractivity contribution in [2.24, 2.45) is 0 Å². The average molecular weight is 449 g/mol. The van der Waals surface area contributed by atoms with Gasteiger partial charge in [0.2, 0.25) is 0 Å². The van der Waals surface area contributed by atoms with Gasteiger partial charge in [0.15, 0.2) is 0 Å². The van der Waals surface area contributed by atoms with Gasteiger partial charge in [-0.1, -0.05) is 0 Å². The third kappa shape index (κ3) is 4.84. The first kappa shape index (κ1) is 22.0. The number of amides is 1. The molecule has 0 aliphatic heterocycles. The van der Waals surface area contributed by atoms with Crippen LogP contribution in [0.4, 0.5) is 23.2 Å². The summed E-state index contributed by atoms with van der Waals surface area (Å²) in [4.78, 5) is 16.2. The molecule has 0 radical (unpaired) electrons. The van der Waals surface area contributed by atoms with Crippen LogP contribution in [0.2, 0.25) is 0 Å². The van der Waals surface area contributed by atoms with Gasteiger partial charge in [-0.05, 0) is 56.9 Å². The number of alkyl halides is 3.